The molecule has 1 N–H and O–H groups in total. The van der Waals surface area contributed by atoms with Crippen LogP contribution in [-0.2, 0) is 9.53 Å². The van der Waals surface area contributed by atoms with Gasteiger partial charge in [0.1, 0.15) is 5.25 Å². The lowest BCUT2D eigenvalue weighted by atomic mass is 10.2. The van der Waals surface area contributed by atoms with Gasteiger partial charge >= 0.3 is 5.97 Å². The van der Waals surface area contributed by atoms with Crippen LogP contribution in [0.5, 0.6) is 0 Å². The lowest BCUT2D eigenvalue weighted by Gasteiger charge is -2.06. The first-order valence-electron chi connectivity index (χ1n) is 6.92. The Hall–Kier alpha value is -2.28. The van der Waals surface area contributed by atoms with Gasteiger partial charge in [-0.1, -0.05) is 30.0 Å². The highest BCUT2D eigenvalue weighted by Gasteiger charge is 2.20. The highest BCUT2D eigenvalue weighted by atomic mass is 32.2. The molecule has 1 atom stereocenters. The van der Waals surface area contributed by atoms with Crippen LogP contribution in [0.25, 0.3) is 22.4 Å². The Morgan fingerprint density at radius 3 is 3.05 bits per heavy atom. The first-order chi connectivity index (χ1) is 10.7. The summed E-state index contributed by atoms with van der Waals surface area (Å²) in [6.45, 7) is 3.88. The molecule has 0 unspecified atom stereocenters. The fraction of sp³-hybridized carbons (Fsp3) is 0.267. The van der Waals surface area contributed by atoms with Crippen molar-refractivity contribution in [3.8, 4) is 11.5 Å². The van der Waals surface area contributed by atoms with E-state index in [1.54, 1.807) is 13.8 Å². The second-order valence-corrected chi connectivity index (χ2v) is 5.93. The van der Waals surface area contributed by atoms with Crippen LogP contribution in [0.15, 0.2) is 40.1 Å². The van der Waals surface area contributed by atoms with Crippen LogP contribution in [0.2, 0.25) is 0 Å². The van der Waals surface area contributed by atoms with E-state index in [-0.39, 0.29) is 5.97 Å². The largest absolute Gasteiger partial charge is 0.465 e. The topological polar surface area (TPSA) is 81.0 Å². The van der Waals surface area contributed by atoms with E-state index < -0.39 is 5.25 Å². The summed E-state index contributed by atoms with van der Waals surface area (Å²) in [6, 6.07) is 7.88. The number of benzene rings is 1. The van der Waals surface area contributed by atoms with Crippen molar-refractivity contribution < 1.29 is 13.9 Å². The molecule has 0 aliphatic rings. The van der Waals surface area contributed by atoms with Crippen molar-refractivity contribution in [2.24, 2.45) is 0 Å². The molecule has 1 aromatic carbocycles. The van der Waals surface area contributed by atoms with E-state index in [1.807, 2.05) is 30.5 Å². The second-order valence-electron chi connectivity index (χ2n) is 4.63. The third-order valence-electron chi connectivity index (χ3n) is 3.12. The quantitative estimate of drug-likeness (QED) is 0.574. The molecule has 7 heteroatoms. The van der Waals surface area contributed by atoms with Gasteiger partial charge < -0.3 is 14.1 Å². The lowest BCUT2D eigenvalue weighted by Crippen LogP contribution is -2.16. The lowest BCUT2D eigenvalue weighted by molar-refractivity contribution is -0.142. The maximum Gasteiger partial charge on any atom is 0.319 e. The summed E-state index contributed by atoms with van der Waals surface area (Å²) in [7, 11) is 0. The molecule has 0 spiro atoms. The first-order valence-corrected chi connectivity index (χ1v) is 7.80. The number of carbonyl (C=O) groups excluding carboxylic acids is 1. The van der Waals surface area contributed by atoms with Crippen LogP contribution in [0.3, 0.4) is 0 Å². The maximum atomic E-state index is 11.6. The molecule has 2 aromatic heterocycles. The molecule has 0 aliphatic heterocycles. The van der Waals surface area contributed by atoms with E-state index in [4.69, 9.17) is 9.15 Å². The van der Waals surface area contributed by atoms with Gasteiger partial charge in [0.15, 0.2) is 0 Å². The number of esters is 1. The predicted octanol–water partition coefficient (Wildman–Crippen LogP) is 3.26. The highest BCUT2D eigenvalue weighted by Crippen LogP contribution is 2.30. The van der Waals surface area contributed by atoms with Crippen molar-refractivity contribution in [2.45, 2.75) is 24.3 Å². The van der Waals surface area contributed by atoms with Gasteiger partial charge in [-0.2, -0.15) is 0 Å². The van der Waals surface area contributed by atoms with Gasteiger partial charge in [0.05, 0.1) is 12.2 Å². The number of carbonyl (C=O) groups is 1. The molecule has 22 heavy (non-hydrogen) atoms. The van der Waals surface area contributed by atoms with E-state index >= 15 is 0 Å². The standard InChI is InChI=1S/C15H15N3O3S/c1-3-20-14(19)9(2)22-15-18-17-13(21-15)11-8-16-12-7-5-4-6-10(11)12/h4-9,16H,3H2,1-2H3/t9-/m0/s1. The smallest absolute Gasteiger partial charge is 0.319 e. The van der Waals surface area contributed by atoms with Gasteiger partial charge in [0.2, 0.25) is 0 Å². The number of hydrogen-bond donors (Lipinski definition) is 1. The SMILES string of the molecule is CCOC(=O)[C@H](C)Sc1nnc(-c2c[nH]c3ccccc23)o1. The summed E-state index contributed by atoms with van der Waals surface area (Å²) in [4.78, 5) is 14.8. The van der Waals surface area contributed by atoms with Crippen molar-refractivity contribution in [1.82, 2.24) is 15.2 Å². The molecule has 0 bridgehead atoms. The molecule has 0 saturated heterocycles. The number of H-pyrrole nitrogens is 1. The van der Waals surface area contributed by atoms with Crippen molar-refractivity contribution >= 4 is 28.6 Å². The third-order valence-corrected chi connectivity index (χ3v) is 4.03. The zero-order chi connectivity index (χ0) is 15.5. The summed E-state index contributed by atoms with van der Waals surface area (Å²) in [5.41, 5.74) is 1.85. The molecular weight excluding hydrogens is 302 g/mol. The Morgan fingerprint density at radius 1 is 1.41 bits per heavy atom. The minimum atomic E-state index is -0.392. The molecular formula is C15H15N3O3S. The Bertz CT molecular complexity index is 796. The summed E-state index contributed by atoms with van der Waals surface area (Å²) in [5, 5.41) is 9.01. The van der Waals surface area contributed by atoms with E-state index in [0.29, 0.717) is 17.7 Å². The Morgan fingerprint density at radius 2 is 2.23 bits per heavy atom. The highest BCUT2D eigenvalue weighted by molar-refractivity contribution is 8.00. The number of nitrogens with zero attached hydrogens (tertiary/aromatic N) is 2. The molecule has 0 amide bonds. The van der Waals surface area contributed by atoms with Crippen LogP contribution in [0.4, 0.5) is 0 Å². The predicted molar refractivity (Wildman–Crippen MR) is 83.5 cm³/mol. The summed E-state index contributed by atoms with van der Waals surface area (Å²) in [5.74, 6) is 0.135. The van der Waals surface area contributed by atoms with Crippen molar-refractivity contribution in [3.63, 3.8) is 0 Å². The molecule has 0 aliphatic carbocycles. The van der Waals surface area contributed by atoms with Gasteiger partial charge in [0, 0.05) is 17.1 Å². The normalized spacial score (nSPS) is 12.5. The zero-order valence-corrected chi connectivity index (χ0v) is 13.0. The molecule has 0 saturated carbocycles. The molecule has 2 heterocycles. The number of ether oxygens (including phenoxy) is 1. The Balaban J connectivity index is 1.80. The van der Waals surface area contributed by atoms with Gasteiger partial charge in [0.25, 0.3) is 11.1 Å². The molecule has 3 aromatic rings. The Labute approximate surface area is 131 Å². The number of para-hydroxylation sites is 1. The van der Waals surface area contributed by atoms with Gasteiger partial charge in [-0.05, 0) is 19.9 Å². The molecule has 6 nitrogen and oxygen atoms in total. The van der Waals surface area contributed by atoms with E-state index in [1.165, 1.54) is 11.8 Å². The minimum Gasteiger partial charge on any atom is -0.465 e. The Kier molecular flexibility index (Phi) is 4.15. The van der Waals surface area contributed by atoms with Crippen molar-refractivity contribution in [3.05, 3.63) is 30.5 Å². The number of aromatic amines is 1. The molecule has 0 radical (unpaired) electrons. The van der Waals surface area contributed by atoms with Gasteiger partial charge in [-0.3, -0.25) is 4.79 Å². The zero-order valence-electron chi connectivity index (χ0n) is 12.2. The molecule has 0 fully saturated rings. The van der Waals surface area contributed by atoms with Crippen LogP contribution in [0.1, 0.15) is 13.8 Å². The molecule has 3 rings (SSSR count). The van der Waals surface area contributed by atoms with Crippen LogP contribution in [0, 0.1) is 0 Å². The average Bonchev–Trinajstić information content (AvgIpc) is 3.13. The molecule has 114 valence electrons. The van der Waals surface area contributed by atoms with E-state index in [9.17, 15) is 4.79 Å². The van der Waals surface area contributed by atoms with E-state index in [2.05, 4.69) is 15.2 Å². The number of rotatable bonds is 5. The van der Waals surface area contributed by atoms with Crippen LogP contribution >= 0.6 is 11.8 Å². The van der Waals surface area contributed by atoms with Crippen LogP contribution < -0.4 is 0 Å². The summed E-state index contributed by atoms with van der Waals surface area (Å²) >= 11 is 1.19. The van der Waals surface area contributed by atoms with Crippen molar-refractivity contribution in [1.29, 1.82) is 0 Å². The summed E-state index contributed by atoms with van der Waals surface area (Å²) in [6.07, 6.45) is 1.83. The maximum absolute atomic E-state index is 11.6. The van der Waals surface area contributed by atoms with Gasteiger partial charge in [-0.25, -0.2) is 0 Å². The first kappa shape index (κ1) is 14.6. The second kappa shape index (κ2) is 6.23. The van der Waals surface area contributed by atoms with Crippen LogP contribution in [-0.4, -0.2) is 33.0 Å². The third kappa shape index (κ3) is 2.85. The number of hydrogen-bond acceptors (Lipinski definition) is 6. The number of aromatic nitrogens is 3. The van der Waals surface area contributed by atoms with Crippen molar-refractivity contribution in [2.75, 3.05) is 6.61 Å². The van der Waals surface area contributed by atoms with E-state index in [0.717, 1.165) is 16.5 Å². The monoisotopic (exact) mass is 317 g/mol. The fourth-order valence-corrected chi connectivity index (χ4v) is 2.76. The minimum absolute atomic E-state index is 0.292. The number of thioether (sulfide) groups is 1. The average molecular weight is 317 g/mol. The number of fused-ring (bicyclic) bond motifs is 1. The summed E-state index contributed by atoms with van der Waals surface area (Å²) < 4.78 is 10.6. The van der Waals surface area contributed by atoms with Gasteiger partial charge in [-0.15, -0.1) is 10.2 Å². The number of nitrogens with one attached hydrogen (secondary N) is 1. The fourth-order valence-electron chi connectivity index (χ4n) is 2.07.